The maximum Gasteiger partial charge on any atom is 0.313 e. The van der Waals surface area contributed by atoms with Crippen LogP contribution >= 0.6 is 0 Å². The van der Waals surface area contributed by atoms with Gasteiger partial charge in [0.05, 0.1) is 19.6 Å². The minimum absolute atomic E-state index is 0.249. The molecule has 196 valence electrons. The number of hydrogen-bond acceptors (Lipinski definition) is 6. The van der Waals surface area contributed by atoms with Crippen molar-refractivity contribution in [1.29, 1.82) is 0 Å². The van der Waals surface area contributed by atoms with E-state index < -0.39 is 5.60 Å². The molecule has 0 spiro atoms. The van der Waals surface area contributed by atoms with E-state index in [-0.39, 0.29) is 24.5 Å². The summed E-state index contributed by atoms with van der Waals surface area (Å²) in [4.78, 5) is 24.5. The van der Waals surface area contributed by atoms with Crippen LogP contribution in [0.3, 0.4) is 0 Å². The van der Waals surface area contributed by atoms with Crippen LogP contribution in [-0.2, 0) is 20.7 Å². The molecule has 0 fully saturated rings. The molecule has 0 aliphatic carbocycles. The van der Waals surface area contributed by atoms with Gasteiger partial charge in [-0.25, -0.2) is 0 Å². The van der Waals surface area contributed by atoms with E-state index in [0.29, 0.717) is 12.2 Å². The molecule has 6 heteroatoms. The van der Waals surface area contributed by atoms with Crippen molar-refractivity contribution >= 4 is 22.7 Å². The first kappa shape index (κ1) is 26.5. The van der Waals surface area contributed by atoms with Gasteiger partial charge in [0, 0.05) is 18.9 Å². The van der Waals surface area contributed by atoms with Crippen molar-refractivity contribution in [2.45, 2.75) is 72.3 Å². The number of hydrogen-bond donors (Lipinski definition) is 0. The lowest BCUT2D eigenvalue weighted by molar-refractivity contribution is -0.146. The van der Waals surface area contributed by atoms with Gasteiger partial charge in [-0.3, -0.25) is 9.59 Å². The molecular weight excluding hydrogens is 468 g/mol. The second-order valence-corrected chi connectivity index (χ2v) is 10.3. The first-order chi connectivity index (χ1) is 17.5. The minimum Gasteiger partial charge on any atom is -0.497 e. The Labute approximate surface area is 218 Å². The molecule has 3 aromatic rings. The average Bonchev–Trinajstić information content (AvgIpc) is 2.88. The number of carbonyl (C=O) groups excluding carboxylic acids is 2. The Morgan fingerprint density at radius 1 is 1.03 bits per heavy atom. The second-order valence-electron chi connectivity index (χ2n) is 10.3. The zero-order valence-electron chi connectivity index (χ0n) is 22.8. The fourth-order valence-corrected chi connectivity index (χ4v) is 5.02. The molecule has 1 aliphatic rings. The van der Waals surface area contributed by atoms with Gasteiger partial charge in [0.1, 0.15) is 22.8 Å². The molecule has 0 saturated heterocycles. The molecule has 0 unspecified atom stereocenters. The third kappa shape index (κ3) is 5.43. The lowest BCUT2D eigenvalue weighted by atomic mass is 9.85. The molecule has 1 heterocycles. The molecule has 4 rings (SSSR count). The monoisotopic (exact) mass is 504 g/mol. The van der Waals surface area contributed by atoms with Crippen LogP contribution < -0.4 is 14.2 Å². The summed E-state index contributed by atoms with van der Waals surface area (Å²) in [5, 5.41) is 2.12. The van der Waals surface area contributed by atoms with Crippen molar-refractivity contribution in [2.24, 2.45) is 0 Å². The van der Waals surface area contributed by atoms with Gasteiger partial charge < -0.3 is 18.9 Å². The zero-order valence-corrected chi connectivity index (χ0v) is 22.8. The molecule has 6 nitrogen and oxygen atoms in total. The summed E-state index contributed by atoms with van der Waals surface area (Å²) in [7, 11) is 1.65. The molecule has 3 aromatic carbocycles. The predicted octanol–water partition coefficient (Wildman–Crippen LogP) is 6.52. The van der Waals surface area contributed by atoms with Gasteiger partial charge in [-0.2, -0.15) is 0 Å². The van der Waals surface area contributed by atoms with E-state index in [1.54, 1.807) is 7.11 Å². The fraction of sp³-hybridized carbons (Fsp3) is 0.419. The Balaban J connectivity index is 1.41. The van der Waals surface area contributed by atoms with Gasteiger partial charge in [0.15, 0.2) is 0 Å². The van der Waals surface area contributed by atoms with E-state index in [0.717, 1.165) is 62.9 Å². The van der Waals surface area contributed by atoms with Crippen LogP contribution in [0.2, 0.25) is 0 Å². The number of methoxy groups -OCH3 is 1. The Bertz CT molecular complexity index is 1360. The highest BCUT2D eigenvalue weighted by Gasteiger charge is 2.35. The lowest BCUT2D eigenvalue weighted by Gasteiger charge is -2.38. The molecular formula is C31H36O6. The summed E-state index contributed by atoms with van der Waals surface area (Å²) in [5.74, 6) is 1.34. The number of fused-ring (bicyclic) bond motifs is 2. The fourth-order valence-electron chi connectivity index (χ4n) is 5.02. The van der Waals surface area contributed by atoms with Crippen molar-refractivity contribution in [3.63, 3.8) is 0 Å². The van der Waals surface area contributed by atoms with Gasteiger partial charge >= 0.3 is 11.9 Å². The van der Waals surface area contributed by atoms with Crippen LogP contribution in [0.25, 0.3) is 10.8 Å². The van der Waals surface area contributed by atoms with Gasteiger partial charge in [0.2, 0.25) is 0 Å². The van der Waals surface area contributed by atoms with Crippen LogP contribution in [0.4, 0.5) is 0 Å². The van der Waals surface area contributed by atoms with Crippen LogP contribution in [0, 0.1) is 20.8 Å². The Morgan fingerprint density at radius 2 is 1.73 bits per heavy atom. The van der Waals surface area contributed by atoms with Crippen molar-refractivity contribution in [3.8, 4) is 17.2 Å². The highest BCUT2D eigenvalue weighted by molar-refractivity contribution is 5.86. The molecule has 0 bridgehead atoms. The van der Waals surface area contributed by atoms with E-state index in [9.17, 15) is 9.59 Å². The number of ether oxygens (including phenoxy) is 4. The average molecular weight is 505 g/mol. The van der Waals surface area contributed by atoms with Crippen LogP contribution in [0.1, 0.15) is 67.3 Å². The Morgan fingerprint density at radius 3 is 2.43 bits per heavy atom. The summed E-state index contributed by atoms with van der Waals surface area (Å²) in [6.45, 7) is 11.5. The van der Waals surface area contributed by atoms with Crippen molar-refractivity contribution in [1.82, 2.24) is 0 Å². The standard InChI is InChI=1S/C31H36O6/c1-18-19(2)29-27(21(4)28(18)36-22(5)32)12-13-31(6,37-29)14-15-35-30(33)20(3)23-8-9-25-17-26(34-7)11-10-24(25)16-23/h8-11,16-17,20H,12-15H2,1-7H3/t20-,31+/m0/s1. The van der Waals surface area contributed by atoms with E-state index >= 15 is 0 Å². The lowest BCUT2D eigenvalue weighted by Crippen LogP contribution is -2.38. The molecule has 0 N–H and O–H groups in total. The first-order valence-corrected chi connectivity index (χ1v) is 12.8. The quantitative estimate of drug-likeness (QED) is 0.269. The van der Waals surface area contributed by atoms with Crippen LogP contribution in [-0.4, -0.2) is 31.3 Å². The maximum atomic E-state index is 12.9. The van der Waals surface area contributed by atoms with Gasteiger partial charge in [0.25, 0.3) is 0 Å². The van der Waals surface area contributed by atoms with Crippen molar-refractivity contribution in [2.75, 3.05) is 13.7 Å². The van der Waals surface area contributed by atoms with Crippen LogP contribution in [0.5, 0.6) is 17.2 Å². The molecule has 1 aliphatic heterocycles. The molecule has 0 aromatic heterocycles. The largest absolute Gasteiger partial charge is 0.497 e. The van der Waals surface area contributed by atoms with Gasteiger partial charge in [-0.05, 0) is 92.6 Å². The first-order valence-electron chi connectivity index (χ1n) is 12.8. The van der Waals surface area contributed by atoms with E-state index in [1.165, 1.54) is 6.92 Å². The Hall–Kier alpha value is -3.54. The Kier molecular flexibility index (Phi) is 7.49. The number of esters is 2. The zero-order chi connectivity index (χ0) is 26.9. The number of rotatable bonds is 7. The number of carbonyl (C=O) groups is 2. The molecule has 0 radical (unpaired) electrons. The van der Waals surface area contributed by atoms with E-state index in [2.05, 4.69) is 6.92 Å². The van der Waals surface area contributed by atoms with Gasteiger partial charge in [-0.15, -0.1) is 0 Å². The van der Waals surface area contributed by atoms with Gasteiger partial charge in [-0.1, -0.05) is 24.3 Å². The predicted molar refractivity (Wildman–Crippen MR) is 144 cm³/mol. The summed E-state index contributed by atoms with van der Waals surface area (Å²) in [6, 6.07) is 11.9. The molecule has 37 heavy (non-hydrogen) atoms. The topological polar surface area (TPSA) is 71.1 Å². The third-order valence-corrected chi connectivity index (χ3v) is 7.61. The molecule has 0 saturated carbocycles. The SMILES string of the molecule is COc1ccc2cc([C@H](C)C(=O)OCC[C@@]3(C)CCc4c(C)c(OC(C)=O)c(C)c(C)c4O3)ccc2c1. The van der Waals surface area contributed by atoms with E-state index in [1.807, 2.05) is 64.1 Å². The molecule has 0 amide bonds. The smallest absolute Gasteiger partial charge is 0.313 e. The third-order valence-electron chi connectivity index (χ3n) is 7.61. The highest BCUT2D eigenvalue weighted by atomic mass is 16.5. The summed E-state index contributed by atoms with van der Waals surface area (Å²) >= 11 is 0. The van der Waals surface area contributed by atoms with Crippen LogP contribution in [0.15, 0.2) is 36.4 Å². The summed E-state index contributed by atoms with van der Waals surface area (Å²) in [5.41, 5.74) is 4.38. The normalized spacial score (nSPS) is 17.5. The highest BCUT2D eigenvalue weighted by Crippen LogP contribution is 2.44. The second kappa shape index (κ2) is 10.4. The van der Waals surface area contributed by atoms with E-state index in [4.69, 9.17) is 18.9 Å². The molecule has 2 atom stereocenters. The summed E-state index contributed by atoms with van der Waals surface area (Å²) < 4.78 is 23.0. The minimum atomic E-state index is -0.453. The van der Waals surface area contributed by atoms with Crippen molar-refractivity contribution in [3.05, 3.63) is 64.2 Å². The maximum absolute atomic E-state index is 12.9. The number of benzene rings is 3. The van der Waals surface area contributed by atoms with Crippen molar-refractivity contribution < 1.29 is 28.5 Å². The summed E-state index contributed by atoms with van der Waals surface area (Å²) in [6.07, 6.45) is 2.18.